The highest BCUT2D eigenvalue weighted by molar-refractivity contribution is 6.31. The maximum absolute atomic E-state index is 14.9. The van der Waals surface area contributed by atoms with Gasteiger partial charge >= 0.3 is 0 Å². The molecule has 3 aromatic rings. The maximum Gasteiger partial charge on any atom is 0.247 e. The summed E-state index contributed by atoms with van der Waals surface area (Å²) in [5.41, 5.74) is -0.514. The van der Waals surface area contributed by atoms with Gasteiger partial charge in [0, 0.05) is 68.7 Å². The topological polar surface area (TPSA) is 247 Å². The number of benzene rings is 3. The normalized spacial score (nSPS) is 33.0. The second-order valence-electron chi connectivity index (χ2n) is 24.5. The Morgan fingerprint density at radius 1 is 0.904 bits per heavy atom. The Balaban J connectivity index is 1.29. The van der Waals surface area contributed by atoms with Gasteiger partial charge in [-0.05, 0) is 120 Å². The van der Waals surface area contributed by atoms with E-state index >= 15 is 0 Å². The molecule has 0 unspecified atom stereocenters. The van der Waals surface area contributed by atoms with Crippen LogP contribution in [0.4, 0.5) is 10.1 Å². The van der Waals surface area contributed by atoms with Gasteiger partial charge < -0.3 is 70.1 Å². The van der Waals surface area contributed by atoms with Gasteiger partial charge in [-0.1, -0.05) is 88.7 Å². The van der Waals surface area contributed by atoms with Crippen LogP contribution in [0.2, 0.25) is 5.02 Å². The van der Waals surface area contributed by atoms with E-state index in [1.54, 1.807) is 109 Å². The van der Waals surface area contributed by atoms with Crippen molar-refractivity contribution in [2.24, 2.45) is 23.7 Å². The number of carbonyl (C=O) groups is 5. The van der Waals surface area contributed by atoms with E-state index in [2.05, 4.69) is 21.3 Å². The number of carbonyl (C=O) groups excluding carboxylic acids is 5. The minimum atomic E-state index is -1.72. The molecule has 0 aromatic heterocycles. The van der Waals surface area contributed by atoms with Gasteiger partial charge in [-0.3, -0.25) is 24.0 Å². The number of aliphatic hydroxyl groups is 3. The minimum Gasteiger partial charge on any atom is -0.387 e. The summed E-state index contributed by atoms with van der Waals surface area (Å²) in [5, 5.41) is 48.0. The first-order chi connectivity index (χ1) is 39.0. The summed E-state index contributed by atoms with van der Waals surface area (Å²) < 4.78 is 45.7. The summed E-state index contributed by atoms with van der Waals surface area (Å²) in [6.45, 7) is 16.1. The van der Waals surface area contributed by atoms with Crippen LogP contribution in [0.15, 0.2) is 72.8 Å². The van der Waals surface area contributed by atoms with E-state index in [9.17, 15) is 43.7 Å². The molecular formula is C62H90ClFN6O13. The monoisotopic (exact) mass is 1180 g/mol. The number of likely N-dealkylation sites (N-methyl/N-ethyl adjacent to an activating group) is 1. The fraction of sp³-hybridized carbons (Fsp3) is 0.629. The Bertz CT molecular complexity index is 2650. The highest BCUT2D eigenvalue weighted by Gasteiger charge is 2.51. The average Bonchev–Trinajstić information content (AvgIpc) is 3.43. The van der Waals surface area contributed by atoms with E-state index in [1.807, 2.05) is 32.8 Å². The van der Waals surface area contributed by atoms with Gasteiger partial charge in [0.05, 0.1) is 48.0 Å². The van der Waals surface area contributed by atoms with Gasteiger partial charge in [-0.2, -0.15) is 0 Å². The number of aliphatic hydroxyl groups excluding tert-OH is 2. The van der Waals surface area contributed by atoms with E-state index in [-0.39, 0.29) is 69.0 Å². The van der Waals surface area contributed by atoms with Gasteiger partial charge in [-0.15, -0.1) is 0 Å². The van der Waals surface area contributed by atoms with Crippen molar-refractivity contribution < 1.29 is 67.4 Å². The molecule has 460 valence electrons. The third-order valence-corrected chi connectivity index (χ3v) is 17.0. The summed E-state index contributed by atoms with van der Waals surface area (Å²) in [6, 6.07) is 16.1. The smallest absolute Gasteiger partial charge is 0.247 e. The Morgan fingerprint density at radius 3 is 2.18 bits per heavy atom. The predicted molar refractivity (Wildman–Crippen MR) is 312 cm³/mol. The highest BCUT2D eigenvalue weighted by atomic mass is 35.5. The molecule has 0 radical (unpaired) electrons. The molecule has 83 heavy (non-hydrogen) atoms. The fourth-order valence-electron chi connectivity index (χ4n) is 11.9. The van der Waals surface area contributed by atoms with Crippen LogP contribution in [0, 0.1) is 29.5 Å². The third-order valence-electron chi connectivity index (χ3n) is 16.7. The van der Waals surface area contributed by atoms with Crippen molar-refractivity contribution in [2.45, 2.75) is 192 Å². The standard InChI is InChI=1S/C62H90ClFN6O13/c1-34(2)52-59(77)66-45(27-40-20-24-44(25-21-40)65-58(76)47(29-42-16-14-15-17-46(42)63)67-49(71)28-41-18-22-43(64)23-19-41)30-50(72)70(12)33-35(3)31-61(8,78)56(83-60-53(73)48(69(10)11)26-36(4)80-60)37(5)54(38(6)57(75)68-52)82-51-32-62(9,79-13)55(74)39(7)81-51/h14-25,34-39,45,47-48,51-56,60,73-74,78H,26-33H2,1-13H3,(H,65,76)(H,66,77)(H,67,71)(H,68,75)/t35-,36-,37+,38-,39+,45-,47+,48+,51+,52+,53-,54+,55+,56-,60+,61-,62-/m1/s1. The summed E-state index contributed by atoms with van der Waals surface area (Å²) >= 11 is 6.49. The second-order valence-corrected chi connectivity index (χ2v) is 24.9. The van der Waals surface area contributed by atoms with Crippen molar-refractivity contribution in [3.63, 3.8) is 0 Å². The van der Waals surface area contributed by atoms with Gasteiger partial charge in [0.2, 0.25) is 29.5 Å². The molecular weight excluding hydrogens is 1090 g/mol. The third kappa shape index (κ3) is 18.0. The van der Waals surface area contributed by atoms with Crippen molar-refractivity contribution >= 4 is 46.8 Å². The fourth-order valence-corrected chi connectivity index (χ4v) is 12.1. The van der Waals surface area contributed by atoms with Crippen molar-refractivity contribution in [3.8, 4) is 0 Å². The molecule has 7 N–H and O–H groups in total. The SMILES string of the molecule is CO[C@]1(C)C[C@H](O[C@H]2[C@H](C)[C@@H](O[C@@H]3O[C@H](C)C[C@H](N(C)C)[C@H]3O)[C@](C)(O)C[C@@H](C)CN(C)C(=O)C[C@@H](Cc3ccc(NC(=O)[C@H](Cc4ccccc4Cl)NC(=O)Cc4ccc(F)cc4)cc3)NC(=O)[C@H](C(C)C)NC(=O)[C@@H]2C)O[C@@H](C)[C@@H]1O. The van der Waals surface area contributed by atoms with E-state index in [1.165, 1.54) is 31.4 Å². The highest BCUT2D eigenvalue weighted by Crippen LogP contribution is 2.39. The molecule has 0 saturated carbocycles. The zero-order valence-corrected chi connectivity index (χ0v) is 51.2. The van der Waals surface area contributed by atoms with Crippen LogP contribution in [0.25, 0.3) is 0 Å². The molecule has 0 bridgehead atoms. The summed E-state index contributed by atoms with van der Waals surface area (Å²) in [5.74, 6) is -5.53. The molecule has 3 fully saturated rings. The number of nitrogens with one attached hydrogen (secondary N) is 4. The summed E-state index contributed by atoms with van der Waals surface area (Å²) in [4.78, 5) is 74.7. The van der Waals surface area contributed by atoms with Gasteiger partial charge in [0.1, 0.15) is 30.1 Å². The molecule has 0 spiro atoms. The van der Waals surface area contributed by atoms with Crippen LogP contribution in [-0.2, 0) is 66.9 Å². The Hall–Kier alpha value is -5.13. The van der Waals surface area contributed by atoms with Crippen LogP contribution in [0.5, 0.6) is 0 Å². The summed E-state index contributed by atoms with van der Waals surface area (Å²) in [6.07, 6.45) is -7.07. The van der Waals surface area contributed by atoms with E-state index in [0.717, 1.165) is 0 Å². The number of anilines is 1. The molecule has 19 nitrogen and oxygen atoms in total. The van der Waals surface area contributed by atoms with Crippen LogP contribution >= 0.6 is 11.6 Å². The molecule has 17 atom stereocenters. The van der Waals surface area contributed by atoms with Gasteiger partial charge in [-0.25, -0.2) is 4.39 Å². The van der Waals surface area contributed by atoms with Crippen molar-refractivity contribution in [1.82, 2.24) is 25.8 Å². The van der Waals surface area contributed by atoms with E-state index in [4.69, 9.17) is 35.3 Å². The number of hydrogen-bond donors (Lipinski definition) is 7. The van der Waals surface area contributed by atoms with Crippen LogP contribution in [-0.4, -0.2) is 174 Å². The first-order valence-corrected chi connectivity index (χ1v) is 29.3. The van der Waals surface area contributed by atoms with Gasteiger partial charge in [0.25, 0.3) is 0 Å². The molecule has 3 aromatic carbocycles. The number of ether oxygens (including phenoxy) is 5. The maximum atomic E-state index is 14.9. The lowest BCUT2D eigenvalue weighted by Gasteiger charge is -2.49. The molecule has 3 aliphatic rings. The van der Waals surface area contributed by atoms with Crippen LogP contribution in [0.1, 0.15) is 105 Å². The Kier molecular flexibility index (Phi) is 23.7. The molecule has 5 amide bonds. The van der Waals surface area contributed by atoms with E-state index < -0.39 is 120 Å². The first-order valence-electron chi connectivity index (χ1n) is 28.9. The molecule has 21 heteroatoms. The number of halogens is 2. The second kappa shape index (κ2) is 29.3. The van der Waals surface area contributed by atoms with Gasteiger partial charge in [0.15, 0.2) is 12.6 Å². The number of nitrogens with zero attached hydrogens (tertiary/aromatic N) is 2. The zero-order valence-electron chi connectivity index (χ0n) is 50.4. The zero-order chi connectivity index (χ0) is 61.2. The lowest BCUT2D eigenvalue weighted by atomic mass is 9.77. The van der Waals surface area contributed by atoms with Crippen LogP contribution < -0.4 is 21.3 Å². The Morgan fingerprint density at radius 2 is 1.55 bits per heavy atom. The lowest BCUT2D eigenvalue weighted by molar-refractivity contribution is -0.317. The molecule has 3 saturated heterocycles. The quantitative estimate of drug-likeness (QED) is 0.0929. The number of methoxy groups -OCH3 is 1. The largest absolute Gasteiger partial charge is 0.387 e. The van der Waals surface area contributed by atoms with Crippen LogP contribution in [0.3, 0.4) is 0 Å². The molecule has 6 rings (SSSR count). The van der Waals surface area contributed by atoms with Crippen molar-refractivity contribution in [1.29, 1.82) is 0 Å². The minimum absolute atomic E-state index is 0.0692. The predicted octanol–water partition coefficient (Wildman–Crippen LogP) is 5.56. The van der Waals surface area contributed by atoms with Crippen molar-refractivity contribution in [3.05, 3.63) is 100 Å². The number of rotatable bonds is 16. The van der Waals surface area contributed by atoms with Crippen molar-refractivity contribution in [2.75, 3.05) is 40.1 Å². The first kappa shape index (κ1) is 67.0. The molecule has 3 heterocycles. The number of amides is 5. The Labute approximate surface area is 494 Å². The lowest BCUT2D eigenvalue weighted by Crippen LogP contribution is -2.61. The van der Waals surface area contributed by atoms with E-state index in [0.29, 0.717) is 33.8 Å². The number of hydrogen-bond acceptors (Lipinski definition) is 14. The summed E-state index contributed by atoms with van der Waals surface area (Å²) in [7, 11) is 6.86. The molecule has 0 aliphatic carbocycles. The average molecular weight is 1180 g/mol. The molecule has 3 aliphatic heterocycles.